The van der Waals surface area contributed by atoms with Crippen molar-refractivity contribution in [1.29, 1.82) is 0 Å². The van der Waals surface area contributed by atoms with Crippen molar-refractivity contribution in [1.82, 2.24) is 0 Å². The molecule has 2 saturated carbocycles. The van der Waals surface area contributed by atoms with Crippen LogP contribution in [0.15, 0.2) is 35.4 Å². The van der Waals surface area contributed by atoms with Crippen molar-refractivity contribution in [2.45, 2.75) is 97.7 Å². The van der Waals surface area contributed by atoms with Crippen LogP contribution in [-0.4, -0.2) is 53.5 Å². The summed E-state index contributed by atoms with van der Waals surface area (Å²) in [6.07, 6.45) is -1.28. The van der Waals surface area contributed by atoms with E-state index in [0.717, 1.165) is 16.7 Å². The minimum atomic E-state index is -1.22. The van der Waals surface area contributed by atoms with Gasteiger partial charge in [0.2, 0.25) is 0 Å². The fourth-order valence-corrected chi connectivity index (χ4v) is 7.54. The maximum Gasteiger partial charge on any atom is 0.508 e. The van der Waals surface area contributed by atoms with Gasteiger partial charge in [0.05, 0.1) is 23.7 Å². The number of aliphatic hydroxyl groups is 1. The summed E-state index contributed by atoms with van der Waals surface area (Å²) in [7, 11) is 0. The Labute approximate surface area is 230 Å². The van der Waals surface area contributed by atoms with Crippen LogP contribution in [0.25, 0.3) is 0 Å². The number of hydrogen-bond acceptors (Lipinski definition) is 8. The smallest absolute Gasteiger partial charge is 0.450 e. The van der Waals surface area contributed by atoms with E-state index in [0.29, 0.717) is 37.9 Å². The van der Waals surface area contributed by atoms with Gasteiger partial charge in [-0.25, -0.2) is 4.79 Å². The first-order valence-electron chi connectivity index (χ1n) is 13.9. The third kappa shape index (κ3) is 4.49. The molecule has 0 aromatic heterocycles. The van der Waals surface area contributed by atoms with Gasteiger partial charge in [-0.05, 0) is 57.1 Å². The molecule has 4 aliphatic rings. The normalized spacial score (nSPS) is 36.9. The highest BCUT2D eigenvalue weighted by atomic mass is 16.7. The summed E-state index contributed by atoms with van der Waals surface area (Å²) in [4.78, 5) is 39.9. The molecule has 7 unspecified atom stereocenters. The van der Waals surface area contributed by atoms with Crippen molar-refractivity contribution < 1.29 is 38.4 Å². The van der Waals surface area contributed by atoms with Crippen LogP contribution in [0.2, 0.25) is 0 Å². The maximum atomic E-state index is 14.6. The predicted molar refractivity (Wildman–Crippen MR) is 142 cm³/mol. The summed E-state index contributed by atoms with van der Waals surface area (Å²) in [6.45, 7) is 11.4. The van der Waals surface area contributed by atoms with E-state index in [1.807, 2.05) is 52.0 Å². The number of carbonyl (C=O) groups excluding carboxylic acids is 3. The number of rotatable bonds is 4. The molecule has 3 aliphatic carbocycles. The average molecular weight is 541 g/mol. The number of Topliss-reactive ketones (excluding diaryl/α,β-unsaturated/α-hetero) is 1. The highest BCUT2D eigenvalue weighted by Crippen LogP contribution is 2.61. The van der Waals surface area contributed by atoms with Crippen LogP contribution in [-0.2, 0) is 35.1 Å². The van der Waals surface area contributed by atoms with E-state index >= 15 is 0 Å². The van der Waals surface area contributed by atoms with Crippen LogP contribution in [0.4, 0.5) is 4.79 Å². The molecule has 0 amide bonds. The average Bonchev–Trinajstić information content (AvgIpc) is 2.84. The van der Waals surface area contributed by atoms with E-state index in [1.165, 1.54) is 6.92 Å². The molecular weight excluding hydrogens is 500 g/mol. The Balaban J connectivity index is 1.51. The molecule has 1 aliphatic heterocycles. The highest BCUT2D eigenvalue weighted by molar-refractivity contribution is 5.94. The first-order valence-corrected chi connectivity index (χ1v) is 13.9. The molecule has 1 aromatic rings. The Bertz CT molecular complexity index is 1200. The lowest BCUT2D eigenvalue weighted by molar-refractivity contribution is -0.244. The lowest BCUT2D eigenvalue weighted by Crippen LogP contribution is -2.69. The molecule has 39 heavy (non-hydrogen) atoms. The summed E-state index contributed by atoms with van der Waals surface area (Å²) in [5.74, 6) is -1.19. The summed E-state index contributed by atoms with van der Waals surface area (Å²) in [5.41, 5.74) is 0.368. The van der Waals surface area contributed by atoms with E-state index in [-0.39, 0.29) is 30.3 Å². The first kappa shape index (κ1) is 27.8. The minimum Gasteiger partial charge on any atom is -0.450 e. The number of esters is 1. The van der Waals surface area contributed by atoms with Gasteiger partial charge in [0.1, 0.15) is 12.7 Å². The van der Waals surface area contributed by atoms with Crippen molar-refractivity contribution in [3.63, 3.8) is 0 Å². The number of benzene rings is 1. The van der Waals surface area contributed by atoms with Gasteiger partial charge in [0.25, 0.3) is 0 Å². The van der Waals surface area contributed by atoms with Crippen molar-refractivity contribution in [3.8, 4) is 0 Å². The Morgan fingerprint density at radius 1 is 1.10 bits per heavy atom. The lowest BCUT2D eigenvalue weighted by Gasteiger charge is -2.62. The molecule has 212 valence electrons. The standard InChI is InChI=1S/C31H40O8/c1-17-7-9-20(10-8-17)15-37-28(34)39-24-13-23-21(16-36-23)22-14-31(35)12-11-18(2)25(29(31,4)5)26(38-19(3)32)27(33)30(22,24)6/h7-10,21-24,26,35H,11-16H2,1-6H3. The van der Waals surface area contributed by atoms with Gasteiger partial charge in [-0.3, -0.25) is 9.59 Å². The highest BCUT2D eigenvalue weighted by Gasteiger charge is 2.68. The molecular formula is C31H40O8. The predicted octanol–water partition coefficient (Wildman–Crippen LogP) is 4.83. The largest absolute Gasteiger partial charge is 0.508 e. The van der Waals surface area contributed by atoms with Crippen molar-refractivity contribution in [3.05, 3.63) is 46.5 Å². The summed E-state index contributed by atoms with van der Waals surface area (Å²) >= 11 is 0. The second-order valence-electron chi connectivity index (χ2n) is 12.7. The number of aryl methyl sites for hydroxylation is 1. The molecule has 1 saturated heterocycles. The molecule has 7 atom stereocenters. The Morgan fingerprint density at radius 3 is 2.41 bits per heavy atom. The molecule has 2 bridgehead atoms. The second kappa shape index (κ2) is 9.73. The summed E-state index contributed by atoms with van der Waals surface area (Å²) in [5, 5.41) is 12.2. The van der Waals surface area contributed by atoms with Crippen LogP contribution in [0.5, 0.6) is 0 Å². The van der Waals surface area contributed by atoms with Crippen molar-refractivity contribution in [2.24, 2.45) is 22.7 Å². The van der Waals surface area contributed by atoms with E-state index in [4.69, 9.17) is 18.9 Å². The summed E-state index contributed by atoms with van der Waals surface area (Å²) < 4.78 is 23.0. The zero-order chi connectivity index (χ0) is 28.3. The van der Waals surface area contributed by atoms with Crippen LogP contribution < -0.4 is 0 Å². The van der Waals surface area contributed by atoms with Crippen molar-refractivity contribution in [2.75, 3.05) is 6.61 Å². The number of ether oxygens (including phenoxy) is 4. The molecule has 0 radical (unpaired) electrons. The fraction of sp³-hybridized carbons (Fsp3) is 0.645. The quantitative estimate of drug-likeness (QED) is 0.427. The van der Waals surface area contributed by atoms with Gasteiger partial charge in [0.15, 0.2) is 11.9 Å². The van der Waals surface area contributed by atoms with Gasteiger partial charge in [0, 0.05) is 24.7 Å². The number of hydrogen-bond donors (Lipinski definition) is 1. The van der Waals surface area contributed by atoms with Gasteiger partial charge >= 0.3 is 12.1 Å². The Kier molecular flexibility index (Phi) is 6.95. The monoisotopic (exact) mass is 540 g/mol. The van der Waals surface area contributed by atoms with E-state index in [9.17, 15) is 19.5 Å². The molecule has 0 spiro atoms. The van der Waals surface area contributed by atoms with Crippen molar-refractivity contribution >= 4 is 17.9 Å². The van der Waals surface area contributed by atoms with Gasteiger partial charge in [-0.15, -0.1) is 0 Å². The fourth-order valence-electron chi connectivity index (χ4n) is 7.54. The van der Waals surface area contributed by atoms with Crippen LogP contribution in [0.1, 0.15) is 71.4 Å². The summed E-state index contributed by atoms with van der Waals surface area (Å²) in [6, 6.07) is 7.64. The maximum absolute atomic E-state index is 14.6. The number of allylic oxidation sites excluding steroid dienone is 1. The van der Waals surface area contributed by atoms with E-state index in [1.54, 1.807) is 6.92 Å². The third-order valence-corrected chi connectivity index (χ3v) is 10.2. The number of fused-ring (bicyclic) bond motifs is 5. The lowest BCUT2D eigenvalue weighted by atomic mass is 9.47. The molecule has 1 N–H and O–H groups in total. The van der Waals surface area contributed by atoms with Crippen LogP contribution in [0, 0.1) is 29.6 Å². The molecule has 1 heterocycles. The van der Waals surface area contributed by atoms with Gasteiger partial charge in [-0.2, -0.15) is 0 Å². The molecule has 8 nitrogen and oxygen atoms in total. The SMILES string of the molecule is CC(=O)OC1C(=O)C2(C)C(OC(=O)OCc3ccc(C)cc3)CC3OCC3C2CC2(O)CCC(C)=C1C2(C)C. The molecule has 8 heteroatoms. The first-order chi connectivity index (χ1) is 18.3. The number of ketones is 1. The number of carbonyl (C=O) groups is 3. The zero-order valence-electron chi connectivity index (χ0n) is 23.7. The molecule has 1 aromatic carbocycles. The minimum absolute atomic E-state index is 0.0220. The van der Waals surface area contributed by atoms with Crippen LogP contribution >= 0.6 is 0 Å². The zero-order valence-corrected chi connectivity index (χ0v) is 23.7. The van der Waals surface area contributed by atoms with Gasteiger partial charge in [-0.1, -0.05) is 49.2 Å². The van der Waals surface area contributed by atoms with E-state index in [2.05, 4.69) is 0 Å². The Hall–Kier alpha value is -2.71. The van der Waals surface area contributed by atoms with Crippen LogP contribution in [0.3, 0.4) is 0 Å². The van der Waals surface area contributed by atoms with E-state index < -0.39 is 40.8 Å². The van der Waals surface area contributed by atoms with Gasteiger partial charge < -0.3 is 24.1 Å². The Morgan fingerprint density at radius 2 is 1.79 bits per heavy atom. The second-order valence-corrected chi connectivity index (χ2v) is 12.7. The topological polar surface area (TPSA) is 108 Å². The molecule has 5 rings (SSSR count). The molecule has 3 fully saturated rings. The third-order valence-electron chi connectivity index (χ3n) is 10.2.